The highest BCUT2D eigenvalue weighted by Gasteiger charge is 2.32. The molecule has 5 rings (SSSR count). The number of anilines is 1. The molecule has 12 heteroatoms. The molecule has 3 N–H and O–H groups in total. The van der Waals surface area contributed by atoms with Crippen molar-refractivity contribution in [2.24, 2.45) is 7.05 Å². The third kappa shape index (κ3) is 5.85. The van der Waals surface area contributed by atoms with Gasteiger partial charge in [-0.25, -0.2) is 4.79 Å². The summed E-state index contributed by atoms with van der Waals surface area (Å²) in [6.45, 7) is -0.238. The molecular formula is C27H35F2N7O3. The summed E-state index contributed by atoms with van der Waals surface area (Å²) in [5.74, 6) is 0.304. The molecule has 0 atom stereocenters. The molecule has 2 amide bonds. The smallest absolute Gasteiger partial charge is 0.387 e. The van der Waals surface area contributed by atoms with Crippen LogP contribution < -0.4 is 20.3 Å². The summed E-state index contributed by atoms with van der Waals surface area (Å²) in [5.41, 5.74) is 4.53. The second-order valence-electron chi connectivity index (χ2n) is 10.1. The number of hydrogen-bond donors (Lipinski definition) is 3. The molecule has 2 aromatic rings. The predicted octanol–water partition coefficient (Wildman–Crippen LogP) is 3.49. The van der Waals surface area contributed by atoms with Gasteiger partial charge in [0.05, 0.1) is 12.7 Å². The number of urea groups is 1. The molecule has 210 valence electrons. The second-order valence-corrected chi connectivity index (χ2v) is 10.1. The molecule has 0 saturated carbocycles. The van der Waals surface area contributed by atoms with Gasteiger partial charge in [-0.05, 0) is 37.3 Å². The minimum Gasteiger partial charge on any atom is -0.434 e. The van der Waals surface area contributed by atoms with E-state index in [0.29, 0.717) is 49.5 Å². The summed E-state index contributed by atoms with van der Waals surface area (Å²) >= 11 is 0. The van der Waals surface area contributed by atoms with Crippen molar-refractivity contribution in [3.05, 3.63) is 41.4 Å². The molecule has 1 aromatic heterocycles. The largest absolute Gasteiger partial charge is 0.434 e. The number of halogens is 2. The van der Waals surface area contributed by atoms with Gasteiger partial charge in [-0.15, -0.1) is 0 Å². The molecular weight excluding hydrogens is 508 g/mol. The number of nitrogens with zero attached hydrogens (tertiary/aromatic N) is 4. The fourth-order valence-electron chi connectivity index (χ4n) is 5.55. The highest BCUT2D eigenvalue weighted by atomic mass is 19.3. The van der Waals surface area contributed by atoms with Gasteiger partial charge in [-0.2, -0.15) is 13.9 Å². The number of carbonyl (C=O) groups excluding carboxylic acids is 1. The number of hydrogen-bond acceptors (Lipinski definition) is 6. The Kier molecular flexibility index (Phi) is 8.01. The molecule has 3 aliphatic heterocycles. The van der Waals surface area contributed by atoms with Gasteiger partial charge in [0.2, 0.25) is 0 Å². The standard InChI is InChI=1S/C27H35F2N7O3/c1-31-27(37)35-9-5-22(33-19-6-10-38-11-7-19)21(16-35)25(30)36-8-3-4-17-12-20(18-14-32-34(2)15-18)24(13-23(17)36)39-26(28)29/h12-15,19,26,30,33H,3-11,16H2,1-2H3,(H,31,37). The number of nitrogens with one attached hydrogen (secondary N) is 3. The van der Waals surface area contributed by atoms with Crippen LogP contribution in [0.4, 0.5) is 19.3 Å². The van der Waals surface area contributed by atoms with Gasteiger partial charge in [0.1, 0.15) is 11.6 Å². The third-order valence-corrected chi connectivity index (χ3v) is 7.53. The highest BCUT2D eigenvalue weighted by Crippen LogP contribution is 2.40. The van der Waals surface area contributed by atoms with Gasteiger partial charge in [-0.1, -0.05) is 0 Å². The van der Waals surface area contributed by atoms with Crippen molar-refractivity contribution in [2.45, 2.75) is 44.8 Å². The van der Waals surface area contributed by atoms with E-state index in [1.165, 1.54) is 0 Å². The maximum absolute atomic E-state index is 13.5. The van der Waals surface area contributed by atoms with Crippen LogP contribution in [0.15, 0.2) is 35.8 Å². The molecule has 10 nitrogen and oxygen atoms in total. The maximum atomic E-state index is 13.5. The van der Waals surface area contributed by atoms with Crippen LogP contribution in [-0.2, 0) is 18.2 Å². The molecule has 0 radical (unpaired) electrons. The quantitative estimate of drug-likeness (QED) is 0.380. The van der Waals surface area contributed by atoms with E-state index in [2.05, 4.69) is 15.7 Å². The first-order chi connectivity index (χ1) is 18.8. The molecule has 1 fully saturated rings. The van der Waals surface area contributed by atoms with E-state index in [1.54, 1.807) is 42.1 Å². The lowest BCUT2D eigenvalue weighted by Gasteiger charge is -2.38. The number of ether oxygens (including phenoxy) is 2. The molecule has 4 heterocycles. The number of alkyl halides is 2. The molecule has 3 aliphatic rings. The van der Waals surface area contributed by atoms with Crippen LogP contribution in [0.1, 0.15) is 31.2 Å². The normalized spacial score (nSPS) is 18.3. The van der Waals surface area contributed by atoms with Gasteiger partial charge >= 0.3 is 12.6 Å². The van der Waals surface area contributed by atoms with Crippen LogP contribution in [-0.4, -0.2) is 79.1 Å². The third-order valence-electron chi connectivity index (χ3n) is 7.53. The van der Waals surface area contributed by atoms with Crippen molar-refractivity contribution in [3.63, 3.8) is 0 Å². The number of amides is 2. The van der Waals surface area contributed by atoms with E-state index >= 15 is 0 Å². The van der Waals surface area contributed by atoms with Crippen molar-refractivity contribution in [2.75, 3.05) is 44.8 Å². The van der Waals surface area contributed by atoms with Gasteiger partial charge < -0.3 is 29.9 Å². The molecule has 1 aromatic carbocycles. The minimum atomic E-state index is -2.99. The number of aromatic nitrogens is 2. The molecule has 0 unspecified atom stereocenters. The Morgan fingerprint density at radius 3 is 2.72 bits per heavy atom. The van der Waals surface area contributed by atoms with Crippen molar-refractivity contribution < 1.29 is 23.0 Å². The van der Waals surface area contributed by atoms with Crippen molar-refractivity contribution in [1.29, 1.82) is 5.41 Å². The fraction of sp³-hybridized carbons (Fsp3) is 0.519. The van der Waals surface area contributed by atoms with Crippen molar-refractivity contribution in [3.8, 4) is 16.9 Å². The average molecular weight is 544 g/mol. The number of amidine groups is 1. The van der Waals surface area contributed by atoms with Crippen molar-refractivity contribution in [1.82, 2.24) is 25.3 Å². The number of fused-ring (bicyclic) bond motifs is 1. The zero-order valence-corrected chi connectivity index (χ0v) is 22.3. The van der Waals surface area contributed by atoms with Crippen LogP contribution in [0.25, 0.3) is 11.1 Å². The maximum Gasteiger partial charge on any atom is 0.387 e. The first-order valence-electron chi connectivity index (χ1n) is 13.3. The Hall–Kier alpha value is -3.67. The summed E-state index contributed by atoms with van der Waals surface area (Å²) in [6, 6.07) is 3.53. The number of carbonyl (C=O) groups is 1. The van der Waals surface area contributed by atoms with E-state index in [-0.39, 0.29) is 30.2 Å². The predicted molar refractivity (Wildman–Crippen MR) is 143 cm³/mol. The SMILES string of the molecule is CNC(=O)N1CCC(NC2CCOCC2)=C(C(=N)N2CCCc3cc(-c4cnn(C)c4)c(OC(F)F)cc32)C1. The van der Waals surface area contributed by atoms with Gasteiger partial charge in [-0.3, -0.25) is 10.1 Å². The Labute approximate surface area is 226 Å². The van der Waals surface area contributed by atoms with Gasteiger partial charge in [0.15, 0.2) is 0 Å². The molecule has 1 saturated heterocycles. The first kappa shape index (κ1) is 26.9. The fourth-order valence-corrected chi connectivity index (χ4v) is 5.55. The van der Waals surface area contributed by atoms with Gasteiger partial charge in [0.25, 0.3) is 0 Å². The van der Waals surface area contributed by atoms with Crippen LogP contribution >= 0.6 is 0 Å². The minimum absolute atomic E-state index is 0.0432. The van der Waals surface area contributed by atoms with Crippen LogP contribution in [0.3, 0.4) is 0 Å². The number of benzene rings is 1. The monoisotopic (exact) mass is 543 g/mol. The summed E-state index contributed by atoms with van der Waals surface area (Å²) in [6.07, 6.45) is 7.28. The summed E-state index contributed by atoms with van der Waals surface area (Å²) in [5, 5.41) is 19.8. The first-order valence-corrected chi connectivity index (χ1v) is 13.3. The molecule has 0 spiro atoms. The highest BCUT2D eigenvalue weighted by molar-refractivity contribution is 6.09. The van der Waals surface area contributed by atoms with E-state index in [0.717, 1.165) is 42.5 Å². The summed E-state index contributed by atoms with van der Waals surface area (Å²) in [4.78, 5) is 16.1. The Bertz CT molecular complexity index is 1260. The molecule has 39 heavy (non-hydrogen) atoms. The molecule has 0 aliphatic carbocycles. The number of aryl methyl sites for hydroxylation is 2. The Morgan fingerprint density at radius 1 is 1.23 bits per heavy atom. The van der Waals surface area contributed by atoms with E-state index in [9.17, 15) is 19.0 Å². The topological polar surface area (TPSA) is 108 Å². The van der Waals surface area contributed by atoms with Gasteiger partial charge in [0, 0.05) is 93.2 Å². The van der Waals surface area contributed by atoms with E-state index in [1.807, 2.05) is 11.0 Å². The summed E-state index contributed by atoms with van der Waals surface area (Å²) < 4.78 is 39.0. The van der Waals surface area contributed by atoms with Crippen LogP contribution in [0, 0.1) is 5.41 Å². The van der Waals surface area contributed by atoms with E-state index in [4.69, 9.17) is 9.47 Å². The van der Waals surface area contributed by atoms with E-state index < -0.39 is 6.61 Å². The van der Waals surface area contributed by atoms with Crippen molar-refractivity contribution >= 4 is 17.6 Å². The lowest BCUT2D eigenvalue weighted by atomic mass is 9.94. The molecule has 0 bridgehead atoms. The zero-order chi connectivity index (χ0) is 27.5. The lowest BCUT2D eigenvalue weighted by Crippen LogP contribution is -2.48. The zero-order valence-electron chi connectivity index (χ0n) is 22.3. The second kappa shape index (κ2) is 11.6. The number of rotatable bonds is 6. The lowest BCUT2D eigenvalue weighted by molar-refractivity contribution is -0.0494. The van der Waals surface area contributed by atoms with Crippen LogP contribution in [0.2, 0.25) is 0 Å². The van der Waals surface area contributed by atoms with Crippen LogP contribution in [0.5, 0.6) is 5.75 Å². The Balaban J connectivity index is 1.51. The Morgan fingerprint density at radius 2 is 2.03 bits per heavy atom. The summed E-state index contributed by atoms with van der Waals surface area (Å²) in [7, 11) is 3.36. The average Bonchev–Trinajstić information content (AvgIpc) is 3.38.